The third-order valence-corrected chi connectivity index (χ3v) is 3.26. The Morgan fingerprint density at radius 3 is 2.56 bits per heavy atom. The van der Waals surface area contributed by atoms with Crippen LogP contribution >= 0.6 is 0 Å². The lowest BCUT2D eigenvalue weighted by Crippen LogP contribution is -2.43. The van der Waals surface area contributed by atoms with E-state index in [-0.39, 0.29) is 18.3 Å². The van der Waals surface area contributed by atoms with Crippen LogP contribution < -0.4 is 5.32 Å². The Kier molecular flexibility index (Phi) is 3.15. The number of rotatable bonds is 4. The zero-order valence-corrected chi connectivity index (χ0v) is 10.7. The molecule has 0 spiro atoms. The van der Waals surface area contributed by atoms with Gasteiger partial charge in [-0.1, -0.05) is 18.2 Å². The molecule has 0 bridgehead atoms. The van der Waals surface area contributed by atoms with Crippen molar-refractivity contribution in [2.24, 2.45) is 0 Å². The first kappa shape index (κ1) is 13.0. The molecule has 1 aliphatic rings. The summed E-state index contributed by atoms with van der Waals surface area (Å²) in [6.07, 6.45) is 1.32. The van der Waals surface area contributed by atoms with Gasteiger partial charge in [-0.15, -0.1) is 0 Å². The maximum absolute atomic E-state index is 13.7. The van der Waals surface area contributed by atoms with Gasteiger partial charge < -0.3 is 10.4 Å². The van der Waals surface area contributed by atoms with Gasteiger partial charge >= 0.3 is 0 Å². The fourth-order valence-electron chi connectivity index (χ4n) is 2.06. The number of benzene rings is 1. The number of nitrogens with one attached hydrogen (secondary N) is 1. The molecule has 0 saturated heterocycles. The molecule has 1 aromatic carbocycles. The second-order valence-corrected chi connectivity index (χ2v) is 5.56. The minimum Gasteiger partial charge on any atom is -0.389 e. The van der Waals surface area contributed by atoms with Crippen LogP contribution in [0.15, 0.2) is 24.3 Å². The van der Waals surface area contributed by atoms with Crippen LogP contribution in [0.5, 0.6) is 0 Å². The van der Waals surface area contributed by atoms with Crippen molar-refractivity contribution in [3.8, 4) is 0 Å². The Morgan fingerprint density at radius 1 is 1.44 bits per heavy atom. The zero-order chi connectivity index (χ0) is 13.4. The first-order chi connectivity index (χ1) is 8.35. The molecule has 2 N–H and O–H groups in total. The van der Waals surface area contributed by atoms with Gasteiger partial charge in [0.15, 0.2) is 0 Å². The Hall–Kier alpha value is -1.42. The lowest BCUT2D eigenvalue weighted by molar-refractivity contribution is -0.124. The van der Waals surface area contributed by atoms with E-state index in [4.69, 9.17) is 0 Å². The van der Waals surface area contributed by atoms with Crippen molar-refractivity contribution in [1.82, 2.24) is 5.32 Å². The highest BCUT2D eigenvalue weighted by Gasteiger charge is 2.52. The first-order valence-corrected chi connectivity index (χ1v) is 6.11. The molecule has 0 radical (unpaired) electrons. The quantitative estimate of drug-likeness (QED) is 0.856. The Bertz CT molecular complexity index is 461. The van der Waals surface area contributed by atoms with Crippen molar-refractivity contribution < 1.29 is 14.3 Å². The zero-order valence-electron chi connectivity index (χ0n) is 10.7. The van der Waals surface area contributed by atoms with Gasteiger partial charge in [0.2, 0.25) is 5.91 Å². The molecule has 3 nitrogen and oxygen atoms in total. The summed E-state index contributed by atoms with van der Waals surface area (Å²) in [6, 6.07) is 6.38. The van der Waals surface area contributed by atoms with E-state index < -0.39 is 11.0 Å². The number of carbonyl (C=O) groups is 1. The van der Waals surface area contributed by atoms with Gasteiger partial charge in [0.05, 0.1) is 11.0 Å². The van der Waals surface area contributed by atoms with Gasteiger partial charge in [0.1, 0.15) is 5.82 Å². The van der Waals surface area contributed by atoms with Crippen LogP contribution in [0.2, 0.25) is 0 Å². The van der Waals surface area contributed by atoms with Crippen LogP contribution in [-0.2, 0) is 10.2 Å². The van der Waals surface area contributed by atoms with Crippen LogP contribution in [-0.4, -0.2) is 23.2 Å². The summed E-state index contributed by atoms with van der Waals surface area (Å²) < 4.78 is 13.7. The summed E-state index contributed by atoms with van der Waals surface area (Å²) in [5, 5.41) is 12.3. The molecule has 1 amide bonds. The highest BCUT2D eigenvalue weighted by Crippen LogP contribution is 2.49. The number of hydrogen-bond acceptors (Lipinski definition) is 2. The number of amides is 1. The summed E-state index contributed by atoms with van der Waals surface area (Å²) in [5.41, 5.74) is -1.23. The lowest BCUT2D eigenvalue weighted by atomic mass is 9.94. The van der Waals surface area contributed by atoms with E-state index in [9.17, 15) is 14.3 Å². The summed E-state index contributed by atoms with van der Waals surface area (Å²) in [4.78, 5) is 12.1. The van der Waals surface area contributed by atoms with E-state index in [2.05, 4.69) is 5.32 Å². The molecule has 98 valence electrons. The van der Waals surface area contributed by atoms with Crippen LogP contribution in [0, 0.1) is 5.82 Å². The topological polar surface area (TPSA) is 49.3 Å². The van der Waals surface area contributed by atoms with Crippen LogP contribution in [0.3, 0.4) is 0 Å². The number of halogens is 1. The van der Waals surface area contributed by atoms with Crippen LogP contribution in [0.4, 0.5) is 4.39 Å². The van der Waals surface area contributed by atoms with Gasteiger partial charge in [0.25, 0.3) is 0 Å². The Morgan fingerprint density at radius 2 is 2.06 bits per heavy atom. The summed E-state index contributed by atoms with van der Waals surface area (Å²) in [7, 11) is 0. The van der Waals surface area contributed by atoms with Crippen LogP contribution in [0.25, 0.3) is 0 Å². The molecule has 1 aliphatic carbocycles. The molecule has 0 unspecified atom stereocenters. The van der Waals surface area contributed by atoms with Crippen molar-refractivity contribution in [2.75, 3.05) is 6.54 Å². The van der Waals surface area contributed by atoms with E-state index in [0.29, 0.717) is 18.4 Å². The summed E-state index contributed by atoms with van der Waals surface area (Å²) in [6.45, 7) is 3.41. The third-order valence-electron chi connectivity index (χ3n) is 3.26. The van der Waals surface area contributed by atoms with Crippen molar-refractivity contribution >= 4 is 5.91 Å². The Labute approximate surface area is 106 Å². The molecule has 1 fully saturated rings. The van der Waals surface area contributed by atoms with Gasteiger partial charge in [-0.05, 0) is 32.8 Å². The molecular weight excluding hydrogens is 233 g/mol. The normalized spacial score (nSPS) is 17.3. The lowest BCUT2D eigenvalue weighted by Gasteiger charge is -2.21. The molecule has 4 heteroatoms. The second kappa shape index (κ2) is 4.35. The predicted octanol–water partition coefficient (Wildman–Crippen LogP) is 1.74. The van der Waals surface area contributed by atoms with Crippen molar-refractivity contribution in [3.63, 3.8) is 0 Å². The highest BCUT2D eigenvalue weighted by molar-refractivity contribution is 5.91. The smallest absolute Gasteiger partial charge is 0.230 e. The predicted molar refractivity (Wildman–Crippen MR) is 66.6 cm³/mol. The average molecular weight is 251 g/mol. The summed E-state index contributed by atoms with van der Waals surface area (Å²) >= 11 is 0. The molecule has 0 atom stereocenters. The third kappa shape index (κ3) is 2.53. The van der Waals surface area contributed by atoms with Gasteiger partial charge in [-0.3, -0.25) is 4.79 Å². The maximum atomic E-state index is 13.7. The number of carbonyl (C=O) groups excluding carboxylic acids is 1. The van der Waals surface area contributed by atoms with Crippen molar-refractivity contribution in [3.05, 3.63) is 35.6 Å². The fraction of sp³-hybridized carbons (Fsp3) is 0.500. The maximum Gasteiger partial charge on any atom is 0.230 e. The van der Waals surface area contributed by atoms with E-state index in [1.807, 2.05) is 0 Å². The molecule has 1 aromatic rings. The number of aliphatic hydroxyl groups is 1. The molecule has 18 heavy (non-hydrogen) atoms. The van der Waals surface area contributed by atoms with E-state index in [1.165, 1.54) is 6.07 Å². The minimum absolute atomic E-state index is 0.169. The van der Waals surface area contributed by atoms with E-state index in [0.717, 1.165) is 0 Å². The standard InChI is InChI=1S/C14H18FNO2/c1-13(2,18)9-16-12(17)14(7-8-14)10-5-3-4-6-11(10)15/h3-6,18H,7-9H2,1-2H3,(H,16,17). The average Bonchev–Trinajstić information content (AvgIpc) is 3.07. The van der Waals surface area contributed by atoms with E-state index >= 15 is 0 Å². The van der Waals surface area contributed by atoms with Crippen molar-refractivity contribution in [2.45, 2.75) is 37.7 Å². The molecule has 0 aromatic heterocycles. The Balaban J connectivity index is 2.13. The fourth-order valence-corrected chi connectivity index (χ4v) is 2.06. The molecule has 1 saturated carbocycles. The van der Waals surface area contributed by atoms with E-state index in [1.54, 1.807) is 32.0 Å². The minimum atomic E-state index is -0.957. The van der Waals surface area contributed by atoms with Gasteiger partial charge in [-0.25, -0.2) is 4.39 Å². The van der Waals surface area contributed by atoms with Gasteiger partial charge in [-0.2, -0.15) is 0 Å². The van der Waals surface area contributed by atoms with Crippen molar-refractivity contribution in [1.29, 1.82) is 0 Å². The molecule has 2 rings (SSSR count). The van der Waals surface area contributed by atoms with Crippen LogP contribution in [0.1, 0.15) is 32.3 Å². The SMILES string of the molecule is CC(C)(O)CNC(=O)C1(c2ccccc2F)CC1. The number of hydrogen-bond donors (Lipinski definition) is 2. The highest BCUT2D eigenvalue weighted by atomic mass is 19.1. The molecular formula is C14H18FNO2. The second-order valence-electron chi connectivity index (χ2n) is 5.56. The largest absolute Gasteiger partial charge is 0.389 e. The summed E-state index contributed by atoms with van der Waals surface area (Å²) in [5.74, 6) is -0.539. The first-order valence-electron chi connectivity index (χ1n) is 6.11. The monoisotopic (exact) mass is 251 g/mol. The molecule has 0 heterocycles. The van der Waals surface area contributed by atoms with Gasteiger partial charge in [0, 0.05) is 12.1 Å². The molecule has 0 aliphatic heterocycles.